The summed E-state index contributed by atoms with van der Waals surface area (Å²) in [6.07, 6.45) is 6.79. The maximum atomic E-state index is 11.3. The Kier molecular flexibility index (Phi) is 14.3. The lowest BCUT2D eigenvalue weighted by atomic mass is 10.2. The summed E-state index contributed by atoms with van der Waals surface area (Å²) in [5.74, 6) is -1.31. The van der Waals surface area contributed by atoms with Gasteiger partial charge in [-0.2, -0.15) is 0 Å². The first-order chi connectivity index (χ1) is 14.1. The minimum Gasteiger partial charge on any atom is -0.502 e. The molecule has 0 fully saturated rings. The van der Waals surface area contributed by atoms with Crippen LogP contribution >= 0.6 is 20.2 Å². The van der Waals surface area contributed by atoms with E-state index >= 15 is 0 Å². The quantitative estimate of drug-likeness (QED) is 0.126. The van der Waals surface area contributed by atoms with Crippen LogP contribution in [0.1, 0.15) is 53.4 Å². The number of aliphatic carboxylic acids is 1. The minimum atomic E-state index is -1.39. The molecule has 0 bridgehead atoms. The third kappa shape index (κ3) is 10.4. The second-order valence-corrected chi connectivity index (χ2v) is 9.00. The molecule has 0 aliphatic heterocycles. The van der Waals surface area contributed by atoms with Crippen molar-refractivity contribution in [1.29, 1.82) is 0 Å². The Labute approximate surface area is 188 Å². The van der Waals surface area contributed by atoms with Crippen molar-refractivity contribution in [2.24, 2.45) is 0 Å². The predicted molar refractivity (Wildman–Crippen MR) is 129 cm³/mol. The van der Waals surface area contributed by atoms with Crippen LogP contribution in [0, 0.1) is 0 Å². The number of aliphatic hydroxyl groups excluding tert-OH is 1. The number of aliphatic hydroxyl groups is 1. The van der Waals surface area contributed by atoms with Gasteiger partial charge in [0, 0.05) is 24.8 Å². The van der Waals surface area contributed by atoms with Crippen LogP contribution in [0.15, 0.2) is 58.9 Å². The minimum absolute atomic E-state index is 0.0188. The lowest BCUT2D eigenvalue weighted by Crippen LogP contribution is -2.28. The van der Waals surface area contributed by atoms with Crippen molar-refractivity contribution < 1.29 is 19.7 Å². The Morgan fingerprint density at radius 2 is 1.70 bits per heavy atom. The second kappa shape index (κ2) is 15.1. The first-order valence-corrected chi connectivity index (χ1v) is 12.2. The van der Waals surface area contributed by atoms with E-state index in [-0.39, 0.29) is 11.4 Å². The molecule has 0 aromatic rings. The summed E-state index contributed by atoms with van der Waals surface area (Å²) in [5, 5.41) is 19.6. The van der Waals surface area contributed by atoms with Gasteiger partial charge >= 0.3 is 5.97 Å². The fraction of sp³-hybridized carbons (Fsp3) is 0.522. The molecule has 2 atom stereocenters. The standard InChI is InChI=1S/C23H37ClNO4P/c1-8-10-12-25(13-11-9-2)20(15-21(26)23(27)28)22(18(6)30-7)29-17(5)19(24)14-16(3)4/h14-15,18,26,30H,3,5,8-13H2,1-2,4,6-7H3,(H,27,28)/b19-14+,21-15-,22-20-. The Morgan fingerprint density at radius 3 is 2.10 bits per heavy atom. The van der Waals surface area contributed by atoms with Crippen LogP contribution < -0.4 is 0 Å². The molecule has 0 amide bonds. The summed E-state index contributed by atoms with van der Waals surface area (Å²) < 4.78 is 6.11. The van der Waals surface area contributed by atoms with Crippen molar-refractivity contribution in [3.63, 3.8) is 0 Å². The monoisotopic (exact) mass is 457 g/mol. The number of carboxylic acids is 1. The van der Waals surface area contributed by atoms with Crippen LogP contribution in [0.3, 0.4) is 0 Å². The number of carbonyl (C=O) groups is 1. The molecule has 0 rings (SSSR count). The SMILES string of the molecule is C=C(C)/C=C(/Cl)C(=C)O/C(=C(/C=C(\O)C(=O)O)N(CCCC)CCCC)C(C)PC. The molecule has 0 heterocycles. The van der Waals surface area contributed by atoms with Gasteiger partial charge in [0.2, 0.25) is 5.76 Å². The van der Waals surface area contributed by atoms with Gasteiger partial charge in [-0.15, -0.1) is 8.58 Å². The molecule has 0 aliphatic rings. The predicted octanol–water partition coefficient (Wildman–Crippen LogP) is 6.55. The van der Waals surface area contributed by atoms with Gasteiger partial charge in [-0.25, -0.2) is 4.79 Å². The largest absolute Gasteiger partial charge is 0.502 e. The summed E-state index contributed by atoms with van der Waals surface area (Å²) in [6.45, 7) is 19.3. The zero-order valence-electron chi connectivity index (χ0n) is 18.9. The number of nitrogens with zero attached hydrogens (tertiary/aromatic N) is 1. The molecule has 0 spiro atoms. The second-order valence-electron chi connectivity index (χ2n) is 7.15. The first kappa shape index (κ1) is 28.3. The Bertz CT molecular complexity index is 689. The van der Waals surface area contributed by atoms with E-state index in [1.807, 2.05) is 20.5 Å². The summed E-state index contributed by atoms with van der Waals surface area (Å²) in [7, 11) is 0.493. The molecule has 0 aliphatic carbocycles. The van der Waals surface area contributed by atoms with Gasteiger partial charge in [-0.05, 0) is 32.5 Å². The molecule has 0 saturated carbocycles. The summed E-state index contributed by atoms with van der Waals surface area (Å²) in [4.78, 5) is 13.4. The van der Waals surface area contributed by atoms with Crippen LogP contribution in [0.2, 0.25) is 0 Å². The maximum absolute atomic E-state index is 11.3. The van der Waals surface area contributed by atoms with Crippen molar-refractivity contribution >= 4 is 26.2 Å². The number of halogens is 1. The van der Waals surface area contributed by atoms with E-state index in [9.17, 15) is 15.0 Å². The van der Waals surface area contributed by atoms with Crippen LogP contribution in [0.25, 0.3) is 0 Å². The number of hydrogen-bond acceptors (Lipinski definition) is 4. The highest BCUT2D eigenvalue weighted by Gasteiger charge is 2.22. The molecule has 5 nitrogen and oxygen atoms in total. The average molecular weight is 458 g/mol. The summed E-state index contributed by atoms with van der Waals surface area (Å²) >= 11 is 6.31. The number of ether oxygens (including phenoxy) is 1. The zero-order valence-corrected chi connectivity index (χ0v) is 20.7. The highest BCUT2D eigenvalue weighted by molar-refractivity contribution is 7.38. The third-order valence-electron chi connectivity index (χ3n) is 4.35. The van der Waals surface area contributed by atoms with Gasteiger partial charge in [-0.1, -0.05) is 63.9 Å². The zero-order chi connectivity index (χ0) is 23.3. The van der Waals surface area contributed by atoms with E-state index in [2.05, 4.69) is 31.9 Å². The van der Waals surface area contributed by atoms with Crippen molar-refractivity contribution in [2.75, 3.05) is 19.8 Å². The summed E-state index contributed by atoms with van der Waals surface area (Å²) in [6, 6.07) is 0. The van der Waals surface area contributed by atoms with Crippen LogP contribution in [-0.4, -0.2) is 46.5 Å². The van der Waals surface area contributed by atoms with E-state index < -0.39 is 11.7 Å². The fourth-order valence-corrected chi connectivity index (χ4v) is 3.23. The Balaban J connectivity index is 6.54. The average Bonchev–Trinajstić information content (AvgIpc) is 2.69. The molecule has 0 aromatic carbocycles. The molecule has 2 N–H and O–H groups in total. The molecule has 0 aromatic heterocycles. The van der Waals surface area contributed by atoms with Gasteiger partial charge in [-0.3, -0.25) is 0 Å². The molecular weight excluding hydrogens is 421 g/mol. The third-order valence-corrected chi connectivity index (χ3v) is 5.80. The molecule has 30 heavy (non-hydrogen) atoms. The van der Waals surface area contributed by atoms with E-state index in [0.29, 0.717) is 25.1 Å². The van der Waals surface area contributed by atoms with Crippen LogP contribution in [-0.2, 0) is 9.53 Å². The van der Waals surface area contributed by atoms with E-state index in [0.717, 1.165) is 44.3 Å². The normalized spacial score (nSPS) is 14.5. The van der Waals surface area contributed by atoms with Gasteiger partial charge in [0.1, 0.15) is 11.5 Å². The van der Waals surface area contributed by atoms with Crippen molar-refractivity contribution in [3.8, 4) is 0 Å². The van der Waals surface area contributed by atoms with Gasteiger partial charge < -0.3 is 19.8 Å². The summed E-state index contributed by atoms with van der Waals surface area (Å²) in [5.41, 5.74) is 1.30. The highest BCUT2D eigenvalue weighted by atomic mass is 35.5. The van der Waals surface area contributed by atoms with Gasteiger partial charge in [0.25, 0.3) is 0 Å². The van der Waals surface area contributed by atoms with Crippen molar-refractivity contribution in [2.45, 2.75) is 59.0 Å². The van der Waals surface area contributed by atoms with Gasteiger partial charge in [0.05, 0.1) is 10.7 Å². The van der Waals surface area contributed by atoms with Crippen molar-refractivity contribution in [1.82, 2.24) is 4.90 Å². The number of carboxylic acid groups (broad SMARTS) is 1. The molecule has 2 unspecified atom stereocenters. The Morgan fingerprint density at radius 1 is 1.17 bits per heavy atom. The molecule has 0 radical (unpaired) electrons. The highest BCUT2D eigenvalue weighted by Crippen LogP contribution is 2.32. The topological polar surface area (TPSA) is 70.0 Å². The van der Waals surface area contributed by atoms with E-state index in [4.69, 9.17) is 16.3 Å². The molecular formula is C23H37ClNO4P. The van der Waals surface area contributed by atoms with Crippen molar-refractivity contribution in [3.05, 3.63) is 58.9 Å². The molecule has 7 heteroatoms. The van der Waals surface area contributed by atoms with Crippen LogP contribution in [0.4, 0.5) is 0 Å². The smallest absolute Gasteiger partial charge is 0.371 e. The van der Waals surface area contributed by atoms with Crippen LogP contribution in [0.5, 0.6) is 0 Å². The number of hydrogen-bond donors (Lipinski definition) is 2. The molecule has 0 saturated heterocycles. The maximum Gasteiger partial charge on any atom is 0.371 e. The first-order valence-electron chi connectivity index (χ1n) is 10.3. The number of unbranched alkanes of at least 4 members (excludes halogenated alkanes) is 2. The molecule has 170 valence electrons. The lowest BCUT2D eigenvalue weighted by Gasteiger charge is -2.30. The van der Waals surface area contributed by atoms with Gasteiger partial charge in [0.15, 0.2) is 0 Å². The Hall–Kier alpha value is -1.71. The number of allylic oxidation sites excluding steroid dienone is 5. The fourth-order valence-electron chi connectivity index (χ4n) is 2.53. The lowest BCUT2D eigenvalue weighted by molar-refractivity contribution is -0.135. The van der Waals surface area contributed by atoms with E-state index in [1.54, 1.807) is 6.08 Å². The van der Waals surface area contributed by atoms with E-state index in [1.165, 1.54) is 6.08 Å². The number of rotatable bonds is 15.